The van der Waals surface area contributed by atoms with Crippen LogP contribution in [-0.4, -0.2) is 32.7 Å². The van der Waals surface area contributed by atoms with Crippen LogP contribution in [0.4, 0.5) is 17.2 Å². The van der Waals surface area contributed by atoms with Gasteiger partial charge in [0.1, 0.15) is 5.03 Å². The molecule has 25 heavy (non-hydrogen) atoms. The largest absolute Gasteiger partial charge is 0.325 e. The molecule has 0 aliphatic rings. The number of rotatable bonds is 7. The highest BCUT2D eigenvalue weighted by Gasteiger charge is 2.08. The molecule has 2 rings (SSSR count). The minimum absolute atomic E-state index is 0.0436. The Bertz CT molecular complexity index is 764. The van der Waals surface area contributed by atoms with Crippen LogP contribution in [0.1, 0.15) is 13.3 Å². The zero-order valence-corrected chi connectivity index (χ0v) is 14.1. The standard InChI is InChI=1S/C15H15N5O4S/c1-2-13(21)17-12-7-8-15(19-18-12)25-9-14(22)16-10-3-5-11(6-4-10)20(23)24/h3-8H,2,9H2,1H3,(H,16,22)(H,17,18,21). The second kappa shape index (κ2) is 8.73. The van der Waals surface area contributed by atoms with E-state index in [0.717, 1.165) is 0 Å². The highest BCUT2D eigenvalue weighted by Crippen LogP contribution is 2.18. The Morgan fingerprint density at radius 1 is 1.08 bits per heavy atom. The lowest BCUT2D eigenvalue weighted by Gasteiger charge is -2.05. The summed E-state index contributed by atoms with van der Waals surface area (Å²) in [6.07, 6.45) is 0.348. The van der Waals surface area contributed by atoms with Crippen molar-refractivity contribution in [3.63, 3.8) is 0 Å². The minimum Gasteiger partial charge on any atom is -0.325 e. The van der Waals surface area contributed by atoms with E-state index in [2.05, 4.69) is 20.8 Å². The van der Waals surface area contributed by atoms with Crippen LogP contribution in [0, 0.1) is 10.1 Å². The van der Waals surface area contributed by atoms with Crippen molar-refractivity contribution >= 4 is 40.8 Å². The fraction of sp³-hybridized carbons (Fsp3) is 0.200. The number of nitro groups is 1. The van der Waals surface area contributed by atoms with E-state index in [1.165, 1.54) is 36.0 Å². The van der Waals surface area contributed by atoms with Gasteiger partial charge in [-0.2, -0.15) is 0 Å². The van der Waals surface area contributed by atoms with Crippen LogP contribution in [0.15, 0.2) is 41.4 Å². The van der Waals surface area contributed by atoms with Gasteiger partial charge in [0, 0.05) is 24.2 Å². The number of nitrogens with one attached hydrogen (secondary N) is 2. The van der Waals surface area contributed by atoms with Crippen molar-refractivity contribution in [3.8, 4) is 0 Å². The molecule has 2 amide bonds. The molecule has 0 aliphatic heterocycles. The first-order valence-corrected chi connectivity index (χ1v) is 8.27. The fourth-order valence-corrected chi connectivity index (χ4v) is 2.31. The van der Waals surface area contributed by atoms with Gasteiger partial charge >= 0.3 is 0 Å². The molecule has 0 unspecified atom stereocenters. The molecule has 10 heteroatoms. The Labute approximate surface area is 147 Å². The summed E-state index contributed by atoms with van der Waals surface area (Å²) in [5.41, 5.74) is 0.429. The summed E-state index contributed by atoms with van der Waals surface area (Å²) in [6, 6.07) is 8.83. The lowest BCUT2D eigenvalue weighted by Crippen LogP contribution is -2.14. The van der Waals surface area contributed by atoms with Crippen LogP contribution in [0.2, 0.25) is 0 Å². The number of carbonyl (C=O) groups excluding carboxylic acids is 2. The number of hydrogen-bond donors (Lipinski definition) is 2. The lowest BCUT2D eigenvalue weighted by molar-refractivity contribution is -0.384. The molecule has 0 bridgehead atoms. The van der Waals surface area contributed by atoms with Gasteiger partial charge in [0.15, 0.2) is 5.82 Å². The smallest absolute Gasteiger partial charge is 0.269 e. The number of nitro benzene ring substituents is 1. The van der Waals surface area contributed by atoms with E-state index < -0.39 is 4.92 Å². The zero-order chi connectivity index (χ0) is 18.2. The van der Waals surface area contributed by atoms with E-state index in [0.29, 0.717) is 23.0 Å². The average molecular weight is 361 g/mol. The van der Waals surface area contributed by atoms with Crippen molar-refractivity contribution in [2.75, 3.05) is 16.4 Å². The number of aromatic nitrogens is 2. The monoisotopic (exact) mass is 361 g/mol. The number of hydrogen-bond acceptors (Lipinski definition) is 7. The highest BCUT2D eigenvalue weighted by molar-refractivity contribution is 7.99. The van der Waals surface area contributed by atoms with Crippen LogP contribution in [0.25, 0.3) is 0 Å². The van der Waals surface area contributed by atoms with E-state index in [4.69, 9.17) is 0 Å². The molecule has 2 N–H and O–H groups in total. The van der Waals surface area contributed by atoms with Crippen LogP contribution in [0.5, 0.6) is 0 Å². The van der Waals surface area contributed by atoms with Gasteiger partial charge in [-0.05, 0) is 24.3 Å². The normalized spacial score (nSPS) is 10.1. The number of carbonyl (C=O) groups is 2. The second-order valence-electron chi connectivity index (χ2n) is 4.80. The number of thioether (sulfide) groups is 1. The summed E-state index contributed by atoms with van der Waals surface area (Å²) in [7, 11) is 0. The molecule has 1 heterocycles. The molecule has 130 valence electrons. The molecule has 0 atom stereocenters. The number of nitrogens with zero attached hydrogens (tertiary/aromatic N) is 3. The van der Waals surface area contributed by atoms with E-state index in [9.17, 15) is 19.7 Å². The van der Waals surface area contributed by atoms with Gasteiger partial charge in [0.05, 0.1) is 10.7 Å². The molecule has 1 aromatic heterocycles. The van der Waals surface area contributed by atoms with Gasteiger partial charge in [0.2, 0.25) is 11.8 Å². The van der Waals surface area contributed by atoms with Crippen molar-refractivity contribution in [1.82, 2.24) is 10.2 Å². The summed E-state index contributed by atoms with van der Waals surface area (Å²) in [4.78, 5) is 33.2. The van der Waals surface area contributed by atoms with Gasteiger partial charge in [-0.15, -0.1) is 10.2 Å². The Morgan fingerprint density at radius 3 is 2.36 bits per heavy atom. The summed E-state index contributed by atoms with van der Waals surface area (Å²) >= 11 is 1.18. The zero-order valence-electron chi connectivity index (χ0n) is 13.3. The predicted octanol–water partition coefficient (Wildman–Crippen LogP) is 2.46. The first-order valence-electron chi connectivity index (χ1n) is 7.28. The Balaban J connectivity index is 1.83. The van der Waals surface area contributed by atoms with Crippen molar-refractivity contribution in [1.29, 1.82) is 0 Å². The third-order valence-corrected chi connectivity index (χ3v) is 3.86. The van der Waals surface area contributed by atoms with Crippen LogP contribution in [0.3, 0.4) is 0 Å². The fourth-order valence-electron chi connectivity index (χ4n) is 1.70. The van der Waals surface area contributed by atoms with Crippen LogP contribution < -0.4 is 10.6 Å². The topological polar surface area (TPSA) is 127 Å². The van der Waals surface area contributed by atoms with E-state index in [-0.39, 0.29) is 23.3 Å². The van der Waals surface area contributed by atoms with Gasteiger partial charge < -0.3 is 10.6 Å². The minimum atomic E-state index is -0.507. The molecule has 0 fully saturated rings. The van der Waals surface area contributed by atoms with Gasteiger partial charge in [-0.1, -0.05) is 18.7 Å². The Hall–Kier alpha value is -3.01. The molecule has 0 radical (unpaired) electrons. The molecular formula is C15H15N5O4S. The number of amides is 2. The maximum Gasteiger partial charge on any atom is 0.269 e. The van der Waals surface area contributed by atoms with E-state index >= 15 is 0 Å². The Morgan fingerprint density at radius 2 is 1.80 bits per heavy atom. The first kappa shape index (κ1) is 18.3. The number of non-ortho nitro benzene ring substituents is 1. The van der Waals surface area contributed by atoms with Crippen LogP contribution >= 0.6 is 11.8 Å². The van der Waals surface area contributed by atoms with Crippen LogP contribution in [-0.2, 0) is 9.59 Å². The first-order chi connectivity index (χ1) is 12.0. The SMILES string of the molecule is CCC(=O)Nc1ccc(SCC(=O)Nc2ccc([N+](=O)[O-])cc2)nn1. The van der Waals surface area contributed by atoms with Crippen molar-refractivity contribution < 1.29 is 14.5 Å². The molecule has 9 nitrogen and oxygen atoms in total. The maximum absolute atomic E-state index is 11.9. The van der Waals surface area contributed by atoms with E-state index in [1.54, 1.807) is 19.1 Å². The second-order valence-corrected chi connectivity index (χ2v) is 5.80. The summed E-state index contributed by atoms with van der Waals surface area (Å²) < 4.78 is 0. The third-order valence-electron chi connectivity index (χ3n) is 2.94. The summed E-state index contributed by atoms with van der Waals surface area (Å²) in [5.74, 6) is 0.0273. The maximum atomic E-state index is 11.9. The third kappa shape index (κ3) is 5.84. The molecule has 0 aliphatic carbocycles. The molecule has 0 saturated heterocycles. The van der Waals surface area contributed by atoms with Gasteiger partial charge in [-0.25, -0.2) is 0 Å². The van der Waals surface area contributed by atoms with Crippen molar-refractivity contribution in [3.05, 3.63) is 46.5 Å². The quantitative estimate of drug-likeness (QED) is 0.440. The predicted molar refractivity (Wildman–Crippen MR) is 93.4 cm³/mol. The summed E-state index contributed by atoms with van der Waals surface area (Å²) in [5, 5.41) is 24.1. The Kier molecular flexibility index (Phi) is 6.40. The molecule has 0 spiro atoms. The summed E-state index contributed by atoms with van der Waals surface area (Å²) in [6.45, 7) is 1.73. The molecule has 1 aromatic carbocycles. The highest BCUT2D eigenvalue weighted by atomic mass is 32.2. The molecule has 2 aromatic rings. The van der Waals surface area contributed by atoms with Gasteiger partial charge in [-0.3, -0.25) is 19.7 Å². The number of benzene rings is 1. The van der Waals surface area contributed by atoms with E-state index in [1.807, 2.05) is 0 Å². The molecular weight excluding hydrogens is 346 g/mol. The van der Waals surface area contributed by atoms with Crippen molar-refractivity contribution in [2.24, 2.45) is 0 Å². The molecule has 0 saturated carbocycles. The van der Waals surface area contributed by atoms with Gasteiger partial charge in [0.25, 0.3) is 5.69 Å². The lowest BCUT2D eigenvalue weighted by atomic mass is 10.3. The van der Waals surface area contributed by atoms with Crippen molar-refractivity contribution in [2.45, 2.75) is 18.4 Å². The average Bonchev–Trinajstić information content (AvgIpc) is 2.61. The number of anilines is 2.